The molecule has 0 aliphatic carbocycles. The van der Waals surface area contributed by atoms with Gasteiger partial charge < -0.3 is 14.8 Å². The molecular weight excluding hydrogens is 436 g/mol. The van der Waals surface area contributed by atoms with Crippen LogP contribution in [0.1, 0.15) is 5.56 Å². The minimum absolute atomic E-state index is 0.121. The summed E-state index contributed by atoms with van der Waals surface area (Å²) in [6.45, 7) is 0.325. The molecule has 7 nitrogen and oxygen atoms in total. The van der Waals surface area contributed by atoms with Crippen molar-refractivity contribution >= 4 is 46.7 Å². The Bertz CT molecular complexity index is 995. The zero-order valence-electron chi connectivity index (χ0n) is 17.1. The molecule has 0 atom stereocenters. The molecule has 0 aromatic heterocycles. The third-order valence-electron chi connectivity index (χ3n) is 4.35. The number of carbonyl (C=O) groups is 3. The van der Waals surface area contributed by atoms with Crippen LogP contribution in [0.4, 0.5) is 4.79 Å². The summed E-state index contributed by atoms with van der Waals surface area (Å²) >= 11 is 2.30. The fraction of sp³-hybridized carbons (Fsp3) is 0.227. The SMILES string of the molecule is COc1ccc(/C=C2/SC(=O)N(CCNC(=O)CSc3ccccc3)C2=O)cc1OC. The van der Waals surface area contributed by atoms with Crippen molar-refractivity contribution in [3.63, 3.8) is 0 Å². The number of benzene rings is 2. The number of nitrogens with one attached hydrogen (secondary N) is 1. The second-order valence-corrected chi connectivity index (χ2v) is 8.44. The summed E-state index contributed by atoms with van der Waals surface area (Å²) in [6, 6.07) is 14.9. The van der Waals surface area contributed by atoms with Crippen molar-refractivity contribution in [3.8, 4) is 11.5 Å². The van der Waals surface area contributed by atoms with Gasteiger partial charge in [0, 0.05) is 18.0 Å². The lowest BCUT2D eigenvalue weighted by atomic mass is 10.2. The molecule has 2 aromatic rings. The molecule has 0 spiro atoms. The first-order valence-electron chi connectivity index (χ1n) is 9.43. The van der Waals surface area contributed by atoms with Crippen LogP contribution in [0, 0.1) is 0 Å². The van der Waals surface area contributed by atoms with E-state index in [9.17, 15) is 14.4 Å². The van der Waals surface area contributed by atoms with Crippen LogP contribution in [-0.2, 0) is 9.59 Å². The highest BCUT2D eigenvalue weighted by atomic mass is 32.2. The summed E-state index contributed by atoms with van der Waals surface area (Å²) < 4.78 is 10.5. The van der Waals surface area contributed by atoms with Crippen molar-refractivity contribution < 1.29 is 23.9 Å². The third-order valence-corrected chi connectivity index (χ3v) is 6.27. The molecule has 1 heterocycles. The van der Waals surface area contributed by atoms with Gasteiger partial charge >= 0.3 is 0 Å². The summed E-state index contributed by atoms with van der Waals surface area (Å²) in [5.74, 6) is 0.852. The van der Waals surface area contributed by atoms with E-state index in [0.29, 0.717) is 16.4 Å². The second kappa shape index (κ2) is 10.9. The topological polar surface area (TPSA) is 84.9 Å². The molecule has 9 heteroatoms. The number of imide groups is 1. The normalized spacial score (nSPS) is 14.8. The van der Waals surface area contributed by atoms with Gasteiger partial charge in [0.15, 0.2) is 11.5 Å². The fourth-order valence-corrected chi connectivity index (χ4v) is 4.42. The lowest BCUT2D eigenvalue weighted by molar-refractivity contribution is -0.123. The average Bonchev–Trinajstić information content (AvgIpc) is 3.05. The molecule has 3 amide bonds. The maximum absolute atomic E-state index is 12.6. The monoisotopic (exact) mass is 458 g/mol. The van der Waals surface area contributed by atoms with Crippen molar-refractivity contribution in [1.29, 1.82) is 0 Å². The smallest absolute Gasteiger partial charge is 0.293 e. The van der Waals surface area contributed by atoms with Crippen LogP contribution in [0.3, 0.4) is 0 Å². The Labute approximate surface area is 189 Å². The Kier molecular flexibility index (Phi) is 8.02. The van der Waals surface area contributed by atoms with Crippen LogP contribution in [0.25, 0.3) is 6.08 Å². The maximum Gasteiger partial charge on any atom is 0.293 e. The highest BCUT2D eigenvalue weighted by Gasteiger charge is 2.34. The molecule has 2 aromatic carbocycles. The number of rotatable bonds is 9. The first-order chi connectivity index (χ1) is 15.0. The second-order valence-electron chi connectivity index (χ2n) is 6.40. The van der Waals surface area contributed by atoms with Gasteiger partial charge in [-0.1, -0.05) is 24.3 Å². The number of nitrogens with zero attached hydrogens (tertiary/aromatic N) is 1. The molecule has 0 saturated carbocycles. The van der Waals surface area contributed by atoms with Gasteiger partial charge in [0.05, 0.1) is 24.9 Å². The standard InChI is InChI=1S/C22H22N2O5S2/c1-28-17-9-8-15(12-18(17)29-2)13-19-21(26)24(22(27)31-19)11-10-23-20(25)14-30-16-6-4-3-5-7-16/h3-9,12-13H,10-11,14H2,1-2H3,(H,23,25)/b19-13+. The summed E-state index contributed by atoms with van der Waals surface area (Å²) in [4.78, 5) is 39.4. The van der Waals surface area contributed by atoms with E-state index in [-0.39, 0.29) is 35.9 Å². The molecule has 31 heavy (non-hydrogen) atoms. The van der Waals surface area contributed by atoms with E-state index in [1.807, 2.05) is 30.3 Å². The van der Waals surface area contributed by atoms with Crippen molar-refractivity contribution in [2.75, 3.05) is 33.1 Å². The van der Waals surface area contributed by atoms with Crippen molar-refractivity contribution in [3.05, 3.63) is 59.0 Å². The van der Waals surface area contributed by atoms with E-state index >= 15 is 0 Å². The van der Waals surface area contributed by atoms with Gasteiger partial charge in [-0.15, -0.1) is 11.8 Å². The minimum Gasteiger partial charge on any atom is -0.493 e. The van der Waals surface area contributed by atoms with Gasteiger partial charge in [-0.2, -0.15) is 0 Å². The van der Waals surface area contributed by atoms with Crippen molar-refractivity contribution in [2.45, 2.75) is 4.90 Å². The fourth-order valence-electron chi connectivity index (χ4n) is 2.81. The first kappa shape index (κ1) is 22.8. The van der Waals surface area contributed by atoms with E-state index < -0.39 is 0 Å². The zero-order chi connectivity index (χ0) is 22.2. The molecule has 1 fully saturated rings. The number of amides is 3. The quantitative estimate of drug-likeness (QED) is 0.454. The van der Waals surface area contributed by atoms with E-state index in [4.69, 9.17) is 9.47 Å². The van der Waals surface area contributed by atoms with E-state index in [2.05, 4.69) is 5.32 Å². The summed E-state index contributed by atoms with van der Waals surface area (Å²) in [7, 11) is 3.07. The van der Waals surface area contributed by atoms with Crippen LogP contribution in [0.5, 0.6) is 11.5 Å². The van der Waals surface area contributed by atoms with Crippen LogP contribution >= 0.6 is 23.5 Å². The van der Waals surface area contributed by atoms with E-state index in [1.165, 1.54) is 18.9 Å². The highest BCUT2D eigenvalue weighted by Crippen LogP contribution is 2.34. The van der Waals surface area contributed by atoms with Gasteiger partial charge in [0.2, 0.25) is 5.91 Å². The van der Waals surface area contributed by atoms with Crippen LogP contribution < -0.4 is 14.8 Å². The van der Waals surface area contributed by atoms with E-state index in [1.54, 1.807) is 31.4 Å². The van der Waals surface area contributed by atoms with Gasteiger partial charge in [-0.05, 0) is 47.7 Å². The predicted molar refractivity (Wildman–Crippen MR) is 122 cm³/mol. The predicted octanol–water partition coefficient (Wildman–Crippen LogP) is 3.65. The number of carbonyl (C=O) groups excluding carboxylic acids is 3. The van der Waals surface area contributed by atoms with Crippen molar-refractivity contribution in [1.82, 2.24) is 10.2 Å². The Morgan fingerprint density at radius 1 is 1.10 bits per heavy atom. The summed E-state index contributed by atoms with van der Waals surface area (Å²) in [5.41, 5.74) is 0.717. The maximum atomic E-state index is 12.6. The molecule has 1 aliphatic heterocycles. The molecule has 162 valence electrons. The number of hydrogen-bond acceptors (Lipinski definition) is 7. The minimum atomic E-state index is -0.377. The van der Waals surface area contributed by atoms with Crippen LogP contribution in [0.15, 0.2) is 58.3 Å². The zero-order valence-corrected chi connectivity index (χ0v) is 18.8. The van der Waals surface area contributed by atoms with Crippen molar-refractivity contribution in [2.24, 2.45) is 0 Å². The number of hydrogen-bond donors (Lipinski definition) is 1. The molecule has 1 saturated heterocycles. The number of ether oxygens (including phenoxy) is 2. The third kappa shape index (κ3) is 6.05. The van der Waals surface area contributed by atoms with Crippen LogP contribution in [0.2, 0.25) is 0 Å². The number of methoxy groups -OCH3 is 2. The average molecular weight is 459 g/mol. The van der Waals surface area contributed by atoms with Gasteiger partial charge in [0.25, 0.3) is 11.1 Å². The van der Waals surface area contributed by atoms with Gasteiger partial charge in [0.1, 0.15) is 0 Å². The lowest BCUT2D eigenvalue weighted by Gasteiger charge is -2.13. The molecular formula is C22H22N2O5S2. The largest absolute Gasteiger partial charge is 0.493 e. The summed E-state index contributed by atoms with van der Waals surface area (Å²) in [6.07, 6.45) is 1.64. The molecule has 0 radical (unpaired) electrons. The Morgan fingerprint density at radius 3 is 2.55 bits per heavy atom. The molecule has 1 N–H and O–H groups in total. The van der Waals surface area contributed by atoms with E-state index in [0.717, 1.165) is 27.1 Å². The summed E-state index contributed by atoms with van der Waals surface area (Å²) in [5, 5.41) is 2.39. The molecule has 0 unspecified atom stereocenters. The molecule has 0 bridgehead atoms. The Hall–Kier alpha value is -2.91. The molecule has 3 rings (SSSR count). The Balaban J connectivity index is 1.53. The lowest BCUT2D eigenvalue weighted by Crippen LogP contribution is -2.37. The van der Waals surface area contributed by atoms with Gasteiger partial charge in [-0.25, -0.2) is 0 Å². The highest BCUT2D eigenvalue weighted by molar-refractivity contribution is 8.18. The Morgan fingerprint density at radius 2 is 1.84 bits per heavy atom. The van der Waals surface area contributed by atoms with Gasteiger partial charge in [-0.3, -0.25) is 19.3 Å². The number of thioether (sulfide) groups is 2. The first-order valence-corrected chi connectivity index (χ1v) is 11.2. The van der Waals surface area contributed by atoms with Crippen LogP contribution in [-0.4, -0.2) is 55.0 Å². The molecule has 1 aliphatic rings.